The molecule has 2 aliphatic rings. The van der Waals surface area contributed by atoms with Crippen molar-refractivity contribution >= 4 is 11.8 Å². The van der Waals surface area contributed by atoms with E-state index in [1.165, 1.54) is 12.5 Å². The van der Waals surface area contributed by atoms with Gasteiger partial charge in [0, 0.05) is 38.4 Å². The van der Waals surface area contributed by atoms with Gasteiger partial charge >= 0.3 is 0 Å². The van der Waals surface area contributed by atoms with Crippen LogP contribution in [0, 0.1) is 5.92 Å². The number of rotatable bonds is 8. The maximum absolute atomic E-state index is 12.4. The summed E-state index contributed by atoms with van der Waals surface area (Å²) in [4.78, 5) is 25.9. The maximum Gasteiger partial charge on any atom is 0.219 e. The zero-order valence-electron chi connectivity index (χ0n) is 17.2. The molecule has 154 valence electrons. The van der Waals surface area contributed by atoms with Crippen molar-refractivity contribution in [3.8, 4) is 5.75 Å². The van der Waals surface area contributed by atoms with Crippen LogP contribution in [0.4, 0.5) is 0 Å². The van der Waals surface area contributed by atoms with E-state index in [0.29, 0.717) is 19.5 Å². The zero-order chi connectivity index (χ0) is 20.8. The van der Waals surface area contributed by atoms with Gasteiger partial charge in [-0.05, 0) is 24.3 Å². The monoisotopic (exact) mass is 395 g/mol. The van der Waals surface area contributed by atoms with Gasteiger partial charge in [0.25, 0.3) is 0 Å². The van der Waals surface area contributed by atoms with E-state index in [1.807, 2.05) is 36.5 Å². The van der Waals surface area contributed by atoms with Crippen LogP contribution in [-0.4, -0.2) is 42.5 Å². The average Bonchev–Trinajstić information content (AvgIpc) is 3.10. The number of carbonyl (C=O) groups is 2. The number of amides is 2. The van der Waals surface area contributed by atoms with E-state index < -0.39 is 0 Å². The smallest absolute Gasteiger partial charge is 0.219 e. The van der Waals surface area contributed by atoms with Crippen molar-refractivity contribution < 1.29 is 14.3 Å². The molecule has 2 N–H and O–H groups in total. The summed E-state index contributed by atoms with van der Waals surface area (Å²) >= 11 is 0. The van der Waals surface area contributed by atoms with E-state index in [-0.39, 0.29) is 29.8 Å². The van der Waals surface area contributed by atoms with Crippen LogP contribution in [0.5, 0.6) is 5.75 Å². The third-order valence-corrected chi connectivity index (χ3v) is 5.35. The minimum absolute atomic E-state index is 0.0387. The van der Waals surface area contributed by atoms with Crippen LogP contribution in [0.15, 0.2) is 60.3 Å². The highest BCUT2D eigenvalue weighted by Gasteiger charge is 2.29. The number of ether oxygens (including phenoxy) is 1. The van der Waals surface area contributed by atoms with Gasteiger partial charge in [0.2, 0.25) is 11.8 Å². The lowest BCUT2D eigenvalue weighted by Crippen LogP contribution is -2.45. The molecule has 3 rings (SSSR count). The maximum atomic E-state index is 12.4. The molecule has 6 nitrogen and oxygen atoms in total. The number of allylic oxidation sites excluding steroid dienone is 2. The summed E-state index contributed by atoms with van der Waals surface area (Å²) in [7, 11) is 1.62. The van der Waals surface area contributed by atoms with E-state index in [1.54, 1.807) is 18.9 Å². The number of hydrogen-bond donors (Lipinski definition) is 2. The van der Waals surface area contributed by atoms with Crippen LogP contribution in [0.25, 0.3) is 0 Å². The zero-order valence-corrected chi connectivity index (χ0v) is 17.2. The number of carbonyl (C=O) groups excluding carboxylic acids is 2. The topological polar surface area (TPSA) is 70.7 Å². The molecular weight excluding hydrogens is 366 g/mol. The SMILES string of the molecule is COc1ccccc1CN(C[C@@H](CC1=CNC2C=CC=CC12)NC(C)=O)C(C)=O. The molecule has 1 aliphatic carbocycles. The average molecular weight is 396 g/mol. The molecule has 0 saturated carbocycles. The Morgan fingerprint density at radius 2 is 1.97 bits per heavy atom. The van der Waals surface area contributed by atoms with Crippen LogP contribution < -0.4 is 15.4 Å². The Bertz CT molecular complexity index is 844. The highest BCUT2D eigenvalue weighted by molar-refractivity contribution is 5.74. The molecule has 0 radical (unpaired) electrons. The highest BCUT2D eigenvalue weighted by atomic mass is 16.5. The van der Waals surface area contributed by atoms with Gasteiger partial charge < -0.3 is 20.3 Å². The van der Waals surface area contributed by atoms with E-state index in [9.17, 15) is 9.59 Å². The quantitative estimate of drug-likeness (QED) is 0.710. The van der Waals surface area contributed by atoms with Crippen LogP contribution >= 0.6 is 0 Å². The molecule has 0 bridgehead atoms. The first-order valence-corrected chi connectivity index (χ1v) is 9.92. The van der Waals surface area contributed by atoms with Gasteiger partial charge in [-0.25, -0.2) is 0 Å². The first-order chi connectivity index (χ1) is 14.0. The summed E-state index contributed by atoms with van der Waals surface area (Å²) < 4.78 is 5.42. The van der Waals surface area contributed by atoms with Gasteiger partial charge in [-0.1, -0.05) is 42.5 Å². The molecule has 1 aliphatic heterocycles. The highest BCUT2D eigenvalue weighted by Crippen LogP contribution is 2.29. The molecule has 2 amide bonds. The minimum atomic E-state index is -0.169. The van der Waals surface area contributed by atoms with E-state index in [2.05, 4.69) is 28.9 Å². The number of nitrogens with one attached hydrogen (secondary N) is 2. The Hall–Kier alpha value is -3.02. The second-order valence-electron chi connectivity index (χ2n) is 7.52. The van der Waals surface area contributed by atoms with Crippen molar-refractivity contribution in [2.24, 2.45) is 5.92 Å². The third kappa shape index (κ3) is 5.28. The Morgan fingerprint density at radius 3 is 2.69 bits per heavy atom. The fourth-order valence-electron chi connectivity index (χ4n) is 3.96. The van der Waals surface area contributed by atoms with Crippen LogP contribution in [0.2, 0.25) is 0 Å². The standard InChI is InChI=1S/C23H29N3O3/c1-16(27)25-20(12-19-13-24-22-10-6-5-9-21(19)22)15-26(17(2)28)14-18-8-4-7-11-23(18)29-3/h4-11,13,20-22,24H,12,14-15H2,1-3H3,(H,25,27)/t20-,21?,22?/m1/s1. The van der Waals surface area contributed by atoms with Gasteiger partial charge in [0.1, 0.15) is 5.75 Å². The van der Waals surface area contributed by atoms with Crippen molar-refractivity contribution in [1.82, 2.24) is 15.5 Å². The van der Waals surface area contributed by atoms with Gasteiger partial charge in [-0.3, -0.25) is 9.59 Å². The summed E-state index contributed by atoms with van der Waals surface area (Å²) in [5, 5.41) is 6.42. The largest absolute Gasteiger partial charge is 0.496 e. The first kappa shape index (κ1) is 20.7. The minimum Gasteiger partial charge on any atom is -0.496 e. The molecule has 0 aromatic heterocycles. The Kier molecular flexibility index (Phi) is 6.75. The number of benzene rings is 1. The molecule has 3 atom stereocenters. The molecule has 0 spiro atoms. The van der Waals surface area contributed by atoms with Crippen molar-refractivity contribution in [3.63, 3.8) is 0 Å². The van der Waals surface area contributed by atoms with E-state index in [0.717, 1.165) is 11.3 Å². The number of para-hydroxylation sites is 1. The molecule has 0 fully saturated rings. The molecule has 2 unspecified atom stereocenters. The number of nitrogens with zero attached hydrogens (tertiary/aromatic N) is 1. The fourth-order valence-corrected chi connectivity index (χ4v) is 3.96. The number of methoxy groups -OCH3 is 1. The molecule has 1 heterocycles. The molecule has 29 heavy (non-hydrogen) atoms. The van der Waals surface area contributed by atoms with Crippen LogP contribution in [0.1, 0.15) is 25.8 Å². The number of hydrogen-bond acceptors (Lipinski definition) is 4. The van der Waals surface area contributed by atoms with Gasteiger partial charge in [0.05, 0.1) is 19.2 Å². The Balaban J connectivity index is 1.73. The lowest BCUT2D eigenvalue weighted by molar-refractivity contribution is -0.130. The number of fused-ring (bicyclic) bond motifs is 1. The summed E-state index contributed by atoms with van der Waals surface area (Å²) in [6, 6.07) is 7.77. The lowest BCUT2D eigenvalue weighted by atomic mass is 9.88. The van der Waals surface area contributed by atoms with Crippen molar-refractivity contribution in [2.75, 3.05) is 13.7 Å². The predicted molar refractivity (Wildman–Crippen MR) is 113 cm³/mol. The van der Waals surface area contributed by atoms with Crippen LogP contribution in [0.3, 0.4) is 0 Å². The second-order valence-corrected chi connectivity index (χ2v) is 7.52. The van der Waals surface area contributed by atoms with Crippen molar-refractivity contribution in [2.45, 2.75) is 38.9 Å². The van der Waals surface area contributed by atoms with Gasteiger partial charge in [0.15, 0.2) is 0 Å². The summed E-state index contributed by atoms with van der Waals surface area (Å²) in [6.45, 7) is 3.93. The molecular formula is C23H29N3O3. The second kappa shape index (κ2) is 9.45. The normalized spacial score (nSPS) is 20.3. The van der Waals surface area contributed by atoms with Crippen molar-refractivity contribution in [1.29, 1.82) is 0 Å². The summed E-state index contributed by atoms with van der Waals surface area (Å²) in [6.07, 6.45) is 11.1. The molecule has 1 aromatic carbocycles. The fraction of sp³-hybridized carbons (Fsp3) is 0.391. The first-order valence-electron chi connectivity index (χ1n) is 9.92. The summed E-state index contributed by atoms with van der Waals surface area (Å²) in [5.74, 6) is 0.900. The van der Waals surface area contributed by atoms with E-state index in [4.69, 9.17) is 4.74 Å². The molecule has 6 heteroatoms. The summed E-state index contributed by atoms with van der Waals surface area (Å²) in [5.41, 5.74) is 2.17. The van der Waals surface area contributed by atoms with E-state index >= 15 is 0 Å². The van der Waals surface area contributed by atoms with Crippen LogP contribution in [-0.2, 0) is 16.1 Å². The Morgan fingerprint density at radius 1 is 1.21 bits per heavy atom. The predicted octanol–water partition coefficient (Wildman–Crippen LogP) is 2.54. The Labute approximate surface area is 172 Å². The lowest BCUT2D eigenvalue weighted by Gasteiger charge is -2.29. The van der Waals surface area contributed by atoms with Crippen molar-refractivity contribution in [3.05, 3.63) is 65.9 Å². The molecule has 0 saturated heterocycles. The van der Waals surface area contributed by atoms with Gasteiger partial charge in [-0.2, -0.15) is 0 Å². The molecule has 1 aromatic rings. The third-order valence-electron chi connectivity index (χ3n) is 5.35. The van der Waals surface area contributed by atoms with Gasteiger partial charge in [-0.15, -0.1) is 0 Å².